The second kappa shape index (κ2) is 6.01. The molecule has 2 aromatic rings. The van der Waals surface area contributed by atoms with Crippen molar-refractivity contribution < 1.29 is 8.42 Å². The van der Waals surface area contributed by atoms with E-state index in [1.54, 1.807) is 25.1 Å². The molecule has 1 N–H and O–H groups in total. The Morgan fingerprint density at radius 3 is 2.55 bits per heavy atom. The predicted molar refractivity (Wildman–Crippen MR) is 86.6 cm³/mol. The van der Waals surface area contributed by atoms with Crippen molar-refractivity contribution in [2.24, 2.45) is 0 Å². The molecule has 0 saturated heterocycles. The molecule has 0 atom stereocenters. The Labute approximate surface area is 138 Å². The van der Waals surface area contributed by atoms with E-state index in [-0.39, 0.29) is 15.7 Å². The number of aryl methyl sites for hydroxylation is 1. The molecule has 106 valence electrons. The smallest absolute Gasteiger partial charge is 0.263 e. The number of hydrogen-bond donors (Lipinski definition) is 1. The van der Waals surface area contributed by atoms with E-state index in [1.807, 2.05) is 0 Å². The van der Waals surface area contributed by atoms with Crippen molar-refractivity contribution in [1.82, 2.24) is 4.98 Å². The minimum atomic E-state index is -3.75. The third-order valence-electron chi connectivity index (χ3n) is 2.53. The second-order valence-electron chi connectivity index (χ2n) is 3.97. The van der Waals surface area contributed by atoms with Crippen LogP contribution < -0.4 is 4.72 Å². The molecule has 8 heteroatoms. The highest BCUT2D eigenvalue weighted by Crippen LogP contribution is 2.30. The molecule has 1 heterocycles. The monoisotopic (exact) mass is 438 g/mol. The second-order valence-corrected chi connectivity index (χ2v) is 7.75. The highest BCUT2D eigenvalue weighted by atomic mass is 79.9. The average molecular weight is 441 g/mol. The summed E-state index contributed by atoms with van der Waals surface area (Å²) in [4.78, 5) is 4.00. The third kappa shape index (κ3) is 3.33. The van der Waals surface area contributed by atoms with E-state index in [0.717, 1.165) is 4.47 Å². The quantitative estimate of drug-likeness (QED) is 0.721. The van der Waals surface area contributed by atoms with Crippen LogP contribution in [-0.2, 0) is 10.0 Å². The van der Waals surface area contributed by atoms with Crippen LogP contribution in [0.2, 0.25) is 5.15 Å². The lowest BCUT2D eigenvalue weighted by Gasteiger charge is -2.12. The third-order valence-corrected chi connectivity index (χ3v) is 5.64. The Bertz CT molecular complexity index is 746. The van der Waals surface area contributed by atoms with E-state index in [1.165, 1.54) is 12.3 Å². The van der Waals surface area contributed by atoms with Gasteiger partial charge in [-0.15, -0.1) is 0 Å². The largest absolute Gasteiger partial charge is 0.276 e. The van der Waals surface area contributed by atoms with Gasteiger partial charge < -0.3 is 0 Å². The molecule has 0 bridgehead atoms. The number of aromatic nitrogens is 1. The van der Waals surface area contributed by atoms with Gasteiger partial charge in [0, 0.05) is 15.1 Å². The molecule has 20 heavy (non-hydrogen) atoms. The summed E-state index contributed by atoms with van der Waals surface area (Å²) in [6.07, 6.45) is 1.52. The number of anilines is 1. The summed E-state index contributed by atoms with van der Waals surface area (Å²) in [7, 11) is -3.75. The first-order chi connectivity index (χ1) is 9.31. The van der Waals surface area contributed by atoms with Gasteiger partial charge in [0.1, 0.15) is 4.90 Å². The topological polar surface area (TPSA) is 59.1 Å². The lowest BCUT2D eigenvalue weighted by molar-refractivity contribution is 0.600. The molecule has 4 nitrogen and oxygen atoms in total. The number of halogens is 3. The van der Waals surface area contributed by atoms with Gasteiger partial charge in [0.2, 0.25) is 0 Å². The predicted octanol–water partition coefficient (Wildman–Crippen LogP) is 4.37. The minimum absolute atomic E-state index is 0.113. The molecule has 0 aliphatic carbocycles. The van der Waals surface area contributed by atoms with Crippen LogP contribution in [0.15, 0.2) is 44.3 Å². The first kappa shape index (κ1) is 15.8. The van der Waals surface area contributed by atoms with Crippen LogP contribution in [0.4, 0.5) is 5.69 Å². The van der Waals surface area contributed by atoms with Crippen molar-refractivity contribution in [2.45, 2.75) is 11.8 Å². The Balaban J connectivity index is 2.46. The zero-order chi connectivity index (χ0) is 14.9. The standard InChI is InChI=1S/C12H9Br2ClN2O2S/c1-7-4-5-16-12(15)11(7)17-20(18,19)10-3-2-8(13)6-9(10)14/h2-6,17H,1H3. The van der Waals surface area contributed by atoms with E-state index in [2.05, 4.69) is 41.6 Å². The molecule has 0 radical (unpaired) electrons. The van der Waals surface area contributed by atoms with Crippen molar-refractivity contribution in [3.63, 3.8) is 0 Å². The van der Waals surface area contributed by atoms with Gasteiger partial charge in [-0.3, -0.25) is 4.72 Å². The van der Waals surface area contributed by atoms with Gasteiger partial charge in [0.25, 0.3) is 10.0 Å². The fourth-order valence-electron chi connectivity index (χ4n) is 1.53. The van der Waals surface area contributed by atoms with Crippen LogP contribution in [0, 0.1) is 6.92 Å². The molecule has 0 amide bonds. The minimum Gasteiger partial charge on any atom is -0.276 e. The van der Waals surface area contributed by atoms with Gasteiger partial charge in [0.05, 0.1) is 5.69 Å². The molecule has 2 rings (SSSR count). The lowest BCUT2D eigenvalue weighted by Crippen LogP contribution is -2.15. The van der Waals surface area contributed by atoms with Crippen LogP contribution in [0.25, 0.3) is 0 Å². The highest BCUT2D eigenvalue weighted by Gasteiger charge is 2.20. The first-order valence-corrected chi connectivity index (χ1v) is 8.85. The SMILES string of the molecule is Cc1ccnc(Cl)c1NS(=O)(=O)c1ccc(Br)cc1Br. The highest BCUT2D eigenvalue weighted by molar-refractivity contribution is 9.11. The van der Waals surface area contributed by atoms with Gasteiger partial charge >= 0.3 is 0 Å². The summed E-state index contributed by atoms with van der Waals surface area (Å²) < 4.78 is 28.5. The molecule has 0 unspecified atom stereocenters. The van der Waals surface area contributed by atoms with Crippen LogP contribution in [0.3, 0.4) is 0 Å². The van der Waals surface area contributed by atoms with Crippen LogP contribution >= 0.6 is 43.5 Å². The summed E-state index contributed by atoms with van der Waals surface area (Å²) in [6, 6.07) is 6.49. The summed E-state index contributed by atoms with van der Waals surface area (Å²) in [5.41, 5.74) is 0.978. The van der Waals surface area contributed by atoms with Crippen molar-refractivity contribution in [2.75, 3.05) is 4.72 Å². The summed E-state index contributed by atoms with van der Waals surface area (Å²) >= 11 is 12.4. The van der Waals surface area contributed by atoms with Crippen molar-refractivity contribution in [3.8, 4) is 0 Å². The van der Waals surface area contributed by atoms with Crippen LogP contribution in [-0.4, -0.2) is 13.4 Å². The molecule has 0 saturated carbocycles. The van der Waals surface area contributed by atoms with Gasteiger partial charge in [-0.1, -0.05) is 27.5 Å². The zero-order valence-electron chi connectivity index (χ0n) is 10.2. The van der Waals surface area contributed by atoms with Crippen LogP contribution in [0.5, 0.6) is 0 Å². The maximum atomic E-state index is 12.4. The van der Waals surface area contributed by atoms with E-state index in [9.17, 15) is 8.42 Å². The zero-order valence-corrected chi connectivity index (χ0v) is 14.9. The number of nitrogens with zero attached hydrogens (tertiary/aromatic N) is 1. The normalized spacial score (nSPS) is 11.4. The molecule has 1 aromatic carbocycles. The first-order valence-electron chi connectivity index (χ1n) is 5.40. The van der Waals surface area contributed by atoms with Gasteiger partial charge in [-0.2, -0.15) is 0 Å². The Morgan fingerprint density at radius 2 is 1.95 bits per heavy atom. The maximum absolute atomic E-state index is 12.4. The molecule has 0 spiro atoms. The lowest BCUT2D eigenvalue weighted by atomic mass is 10.3. The Kier molecular flexibility index (Phi) is 4.73. The number of hydrogen-bond acceptors (Lipinski definition) is 3. The van der Waals surface area contributed by atoms with Crippen LogP contribution in [0.1, 0.15) is 5.56 Å². The van der Waals surface area contributed by atoms with E-state index < -0.39 is 10.0 Å². The number of benzene rings is 1. The number of pyridine rings is 1. The van der Waals surface area contributed by atoms with Crippen molar-refractivity contribution in [1.29, 1.82) is 0 Å². The van der Waals surface area contributed by atoms with E-state index in [4.69, 9.17) is 11.6 Å². The fourth-order valence-corrected chi connectivity index (χ4v) is 4.72. The molecule has 1 aromatic heterocycles. The summed E-state index contributed by atoms with van der Waals surface area (Å²) in [5, 5.41) is 0.113. The molecule has 0 aliphatic rings. The van der Waals surface area contributed by atoms with Crippen molar-refractivity contribution in [3.05, 3.63) is 50.1 Å². The molecule has 0 fully saturated rings. The van der Waals surface area contributed by atoms with Gasteiger partial charge in [0.15, 0.2) is 5.15 Å². The van der Waals surface area contributed by atoms with Crippen molar-refractivity contribution >= 4 is 59.2 Å². The maximum Gasteiger partial charge on any atom is 0.263 e. The summed E-state index contributed by atoms with van der Waals surface area (Å²) in [6.45, 7) is 1.75. The number of sulfonamides is 1. The van der Waals surface area contributed by atoms with E-state index >= 15 is 0 Å². The Morgan fingerprint density at radius 1 is 1.25 bits per heavy atom. The number of nitrogens with one attached hydrogen (secondary N) is 1. The average Bonchev–Trinajstić information content (AvgIpc) is 2.33. The van der Waals surface area contributed by atoms with Gasteiger partial charge in [-0.05, 0) is 52.7 Å². The molecular weight excluding hydrogens is 431 g/mol. The fraction of sp³-hybridized carbons (Fsp3) is 0.0833. The number of rotatable bonds is 3. The molecule has 0 aliphatic heterocycles. The molecular formula is C12H9Br2ClN2O2S. The summed E-state index contributed by atoms with van der Waals surface area (Å²) in [5.74, 6) is 0. The van der Waals surface area contributed by atoms with E-state index in [0.29, 0.717) is 10.0 Å². The Hall–Kier alpha value is -0.630. The van der Waals surface area contributed by atoms with Gasteiger partial charge in [-0.25, -0.2) is 13.4 Å².